The zero-order valence-corrected chi connectivity index (χ0v) is 18.7. The molecule has 0 aromatic heterocycles. The summed E-state index contributed by atoms with van der Waals surface area (Å²) < 4.78 is 19.2. The number of fused-ring (bicyclic) bond motifs is 2. The van der Waals surface area contributed by atoms with E-state index in [9.17, 15) is 0 Å². The number of anilines is 1. The maximum Gasteiger partial charge on any atom is 0.231 e. The Morgan fingerprint density at radius 3 is 2.03 bits per heavy atom. The number of benzene rings is 4. The Kier molecular flexibility index (Phi) is 4.67. The quantitative estimate of drug-likeness (QED) is 0.354. The van der Waals surface area contributed by atoms with Gasteiger partial charge >= 0.3 is 0 Å². The summed E-state index contributed by atoms with van der Waals surface area (Å²) in [6.45, 7) is 0.227. The normalized spacial score (nSPS) is 18.0. The van der Waals surface area contributed by atoms with Gasteiger partial charge in [0, 0.05) is 21.3 Å². The Bertz CT molecular complexity index is 1240. The Hall–Kier alpha value is -3.28. The van der Waals surface area contributed by atoms with Crippen molar-refractivity contribution in [3.63, 3.8) is 0 Å². The van der Waals surface area contributed by atoms with Crippen molar-refractivity contribution < 1.29 is 14.2 Å². The average molecular weight is 486 g/mol. The number of nitrogens with one attached hydrogen (secondary N) is 1. The SMILES string of the molecule is Brc1cc2c(cc1[C@H]1Nc3ccccc3C(c3ccccc3)(c3ccccc3)O1)OCO2. The van der Waals surface area contributed by atoms with Crippen LogP contribution in [0.15, 0.2) is 102 Å². The molecule has 6 rings (SSSR count). The van der Waals surface area contributed by atoms with Crippen molar-refractivity contribution in [1.29, 1.82) is 0 Å². The molecule has 32 heavy (non-hydrogen) atoms. The fourth-order valence-corrected chi connectivity index (χ4v) is 5.09. The first kappa shape index (κ1) is 19.4. The van der Waals surface area contributed by atoms with E-state index in [1.54, 1.807) is 0 Å². The van der Waals surface area contributed by atoms with Gasteiger partial charge in [0.1, 0.15) is 5.60 Å². The molecule has 0 bridgehead atoms. The number of hydrogen-bond donors (Lipinski definition) is 1. The first-order chi connectivity index (χ1) is 15.8. The lowest BCUT2D eigenvalue weighted by Gasteiger charge is -2.44. The van der Waals surface area contributed by atoms with Gasteiger partial charge in [-0.05, 0) is 29.3 Å². The summed E-state index contributed by atoms with van der Waals surface area (Å²) in [5.41, 5.74) is 4.40. The largest absolute Gasteiger partial charge is 0.454 e. The van der Waals surface area contributed by atoms with Crippen molar-refractivity contribution >= 4 is 21.6 Å². The third-order valence-electron chi connectivity index (χ3n) is 6.02. The third-order valence-corrected chi connectivity index (χ3v) is 6.71. The number of ether oxygens (including phenoxy) is 3. The number of halogens is 1. The standard InChI is InChI=1S/C27H20BrNO3/c28-22-16-25-24(30-17-31-25)15-20(22)26-29-23-14-8-7-13-21(23)27(32-26,18-9-3-1-4-10-18)19-11-5-2-6-12-19/h1-16,26,29H,17H2/t26-/m0/s1. The minimum atomic E-state index is -0.787. The van der Waals surface area contributed by atoms with Crippen LogP contribution in [-0.2, 0) is 10.3 Å². The predicted octanol–water partition coefficient (Wildman–Crippen LogP) is 6.61. The van der Waals surface area contributed by atoms with Crippen LogP contribution in [0.1, 0.15) is 28.5 Å². The lowest BCUT2D eigenvalue weighted by Crippen LogP contribution is -2.40. The van der Waals surface area contributed by atoms with Crippen molar-refractivity contribution in [3.8, 4) is 11.5 Å². The van der Waals surface area contributed by atoms with Crippen LogP contribution in [0, 0.1) is 0 Å². The average Bonchev–Trinajstić information content (AvgIpc) is 3.31. The molecule has 158 valence electrons. The van der Waals surface area contributed by atoms with Gasteiger partial charge in [-0.1, -0.05) is 94.8 Å². The fraction of sp³-hybridized carbons (Fsp3) is 0.111. The summed E-state index contributed by atoms with van der Waals surface area (Å²) in [5.74, 6) is 1.45. The van der Waals surface area contributed by atoms with Crippen molar-refractivity contribution in [2.24, 2.45) is 0 Å². The van der Waals surface area contributed by atoms with Crippen LogP contribution in [0.5, 0.6) is 11.5 Å². The third kappa shape index (κ3) is 3.00. The van der Waals surface area contributed by atoms with Crippen molar-refractivity contribution in [2.45, 2.75) is 11.8 Å². The molecule has 4 aromatic carbocycles. The van der Waals surface area contributed by atoms with Crippen molar-refractivity contribution in [2.75, 3.05) is 12.1 Å². The molecule has 4 nitrogen and oxygen atoms in total. The van der Waals surface area contributed by atoms with Gasteiger partial charge in [-0.25, -0.2) is 0 Å². The second-order valence-corrected chi connectivity index (χ2v) is 8.68. The lowest BCUT2D eigenvalue weighted by atomic mass is 9.78. The van der Waals surface area contributed by atoms with E-state index >= 15 is 0 Å². The van der Waals surface area contributed by atoms with Gasteiger partial charge < -0.3 is 19.5 Å². The van der Waals surface area contributed by atoms with E-state index in [0.29, 0.717) is 0 Å². The summed E-state index contributed by atoms with van der Waals surface area (Å²) in [4.78, 5) is 0. The molecule has 5 heteroatoms. The van der Waals surface area contributed by atoms with Crippen LogP contribution in [0.2, 0.25) is 0 Å². The van der Waals surface area contributed by atoms with E-state index in [0.717, 1.165) is 43.9 Å². The minimum absolute atomic E-state index is 0.227. The molecule has 2 aliphatic rings. The molecule has 0 aliphatic carbocycles. The highest BCUT2D eigenvalue weighted by Crippen LogP contribution is 2.51. The van der Waals surface area contributed by atoms with Crippen molar-refractivity contribution in [1.82, 2.24) is 0 Å². The predicted molar refractivity (Wildman–Crippen MR) is 127 cm³/mol. The van der Waals surface area contributed by atoms with E-state index in [1.165, 1.54) is 0 Å². The summed E-state index contributed by atoms with van der Waals surface area (Å²) in [6.07, 6.45) is -0.422. The Labute approximate surface area is 194 Å². The van der Waals surface area contributed by atoms with E-state index in [-0.39, 0.29) is 6.79 Å². The van der Waals surface area contributed by atoms with E-state index in [4.69, 9.17) is 14.2 Å². The second kappa shape index (κ2) is 7.69. The molecule has 0 unspecified atom stereocenters. The molecule has 4 aromatic rings. The van der Waals surface area contributed by atoms with Gasteiger partial charge in [0.15, 0.2) is 17.7 Å². The first-order valence-corrected chi connectivity index (χ1v) is 11.3. The van der Waals surface area contributed by atoms with Crippen LogP contribution in [0.25, 0.3) is 0 Å². The van der Waals surface area contributed by atoms with Gasteiger partial charge in [-0.2, -0.15) is 0 Å². The van der Waals surface area contributed by atoms with Crippen LogP contribution < -0.4 is 14.8 Å². The monoisotopic (exact) mass is 485 g/mol. The number of para-hydroxylation sites is 1. The highest BCUT2D eigenvalue weighted by molar-refractivity contribution is 9.10. The maximum absolute atomic E-state index is 7.06. The molecule has 2 aliphatic heterocycles. The molecule has 1 atom stereocenters. The van der Waals surface area contributed by atoms with Crippen LogP contribution >= 0.6 is 15.9 Å². The number of hydrogen-bond acceptors (Lipinski definition) is 4. The second-order valence-electron chi connectivity index (χ2n) is 7.83. The molecule has 0 saturated carbocycles. The lowest BCUT2D eigenvalue weighted by molar-refractivity contribution is -0.0436. The zero-order valence-electron chi connectivity index (χ0n) is 17.1. The molecule has 2 heterocycles. The summed E-state index contributed by atoms with van der Waals surface area (Å²) in [5, 5.41) is 3.59. The molecule has 0 fully saturated rings. The summed E-state index contributed by atoms with van der Waals surface area (Å²) >= 11 is 3.72. The molecular formula is C27H20BrNO3. The molecular weight excluding hydrogens is 466 g/mol. The van der Waals surface area contributed by atoms with Gasteiger partial charge in [0.2, 0.25) is 6.79 Å². The van der Waals surface area contributed by atoms with Crippen LogP contribution in [-0.4, -0.2) is 6.79 Å². The Morgan fingerprint density at radius 1 is 0.750 bits per heavy atom. The minimum Gasteiger partial charge on any atom is -0.454 e. The molecule has 0 spiro atoms. The van der Waals surface area contributed by atoms with E-state index < -0.39 is 11.8 Å². The highest BCUT2D eigenvalue weighted by atomic mass is 79.9. The van der Waals surface area contributed by atoms with Gasteiger partial charge in [0.25, 0.3) is 0 Å². The van der Waals surface area contributed by atoms with Crippen LogP contribution in [0.3, 0.4) is 0 Å². The smallest absolute Gasteiger partial charge is 0.231 e. The van der Waals surface area contributed by atoms with E-state index in [1.807, 2.05) is 30.3 Å². The molecule has 1 N–H and O–H groups in total. The topological polar surface area (TPSA) is 39.7 Å². The van der Waals surface area contributed by atoms with Gasteiger partial charge in [-0.15, -0.1) is 0 Å². The fourth-order valence-electron chi connectivity index (χ4n) is 4.56. The van der Waals surface area contributed by atoms with E-state index in [2.05, 4.69) is 88.0 Å². The van der Waals surface area contributed by atoms with Gasteiger partial charge in [-0.3, -0.25) is 0 Å². The summed E-state index contributed by atoms with van der Waals surface area (Å²) in [6, 6.07) is 33.0. The molecule has 0 radical (unpaired) electrons. The zero-order chi connectivity index (χ0) is 21.5. The van der Waals surface area contributed by atoms with Gasteiger partial charge in [0.05, 0.1) is 0 Å². The Balaban J connectivity index is 1.59. The van der Waals surface area contributed by atoms with Crippen molar-refractivity contribution in [3.05, 3.63) is 124 Å². The summed E-state index contributed by atoms with van der Waals surface area (Å²) in [7, 11) is 0. The molecule has 0 saturated heterocycles. The Morgan fingerprint density at radius 2 is 1.34 bits per heavy atom. The maximum atomic E-state index is 7.06. The highest BCUT2D eigenvalue weighted by Gasteiger charge is 2.45. The first-order valence-electron chi connectivity index (χ1n) is 10.5. The molecule has 0 amide bonds. The number of rotatable bonds is 3. The van der Waals surface area contributed by atoms with Crippen LogP contribution in [0.4, 0.5) is 5.69 Å².